The van der Waals surface area contributed by atoms with Crippen molar-refractivity contribution in [3.8, 4) is 11.5 Å². The van der Waals surface area contributed by atoms with Gasteiger partial charge in [-0.3, -0.25) is 4.79 Å². The van der Waals surface area contributed by atoms with Crippen LogP contribution in [0.4, 0.5) is 0 Å². The van der Waals surface area contributed by atoms with Gasteiger partial charge in [-0.15, -0.1) is 0 Å². The van der Waals surface area contributed by atoms with E-state index in [0.29, 0.717) is 47.2 Å². The number of ether oxygens (including phenoxy) is 3. The van der Waals surface area contributed by atoms with Crippen LogP contribution in [-0.2, 0) is 16.0 Å². The third-order valence-electron chi connectivity index (χ3n) is 4.97. The van der Waals surface area contributed by atoms with E-state index in [9.17, 15) is 9.59 Å². The summed E-state index contributed by atoms with van der Waals surface area (Å²) in [6, 6.07) is 21.6. The van der Waals surface area contributed by atoms with Gasteiger partial charge >= 0.3 is 5.97 Å². The standard InChI is InChI=1S/C26H24N2O5S/c1-3-32-25(30)19-12-13-22-23(17-19)34-26(28(22)14-15-31-2)27-24(29)18-8-7-11-21(16-18)33-20-9-5-4-6-10-20/h4-13,16-17H,3,14-15H2,1-2H3. The van der Waals surface area contributed by atoms with Gasteiger partial charge in [0.05, 0.1) is 29.0 Å². The highest BCUT2D eigenvalue weighted by Gasteiger charge is 2.13. The van der Waals surface area contributed by atoms with E-state index in [4.69, 9.17) is 14.2 Å². The molecule has 0 unspecified atom stereocenters. The van der Waals surface area contributed by atoms with Gasteiger partial charge in [0.1, 0.15) is 11.5 Å². The number of rotatable bonds is 8. The van der Waals surface area contributed by atoms with E-state index in [1.54, 1.807) is 50.4 Å². The number of fused-ring (bicyclic) bond motifs is 1. The Labute approximate surface area is 200 Å². The maximum Gasteiger partial charge on any atom is 0.338 e. The third kappa shape index (κ3) is 5.41. The number of hydrogen-bond acceptors (Lipinski definition) is 6. The van der Waals surface area contributed by atoms with Crippen LogP contribution < -0.4 is 9.54 Å². The van der Waals surface area contributed by atoms with Crippen LogP contribution in [0.3, 0.4) is 0 Å². The van der Waals surface area contributed by atoms with Crippen LogP contribution in [0.15, 0.2) is 77.8 Å². The molecule has 7 nitrogen and oxygen atoms in total. The fourth-order valence-corrected chi connectivity index (χ4v) is 4.46. The minimum Gasteiger partial charge on any atom is -0.462 e. The number of amides is 1. The number of thiazole rings is 1. The molecule has 8 heteroatoms. The number of carbonyl (C=O) groups is 2. The highest BCUT2D eigenvalue weighted by molar-refractivity contribution is 7.16. The van der Waals surface area contributed by atoms with Gasteiger partial charge in [0.15, 0.2) is 4.80 Å². The van der Waals surface area contributed by atoms with E-state index >= 15 is 0 Å². The molecule has 1 heterocycles. The van der Waals surface area contributed by atoms with Crippen molar-refractivity contribution < 1.29 is 23.8 Å². The lowest BCUT2D eigenvalue weighted by atomic mass is 10.2. The number of benzene rings is 3. The van der Waals surface area contributed by atoms with Crippen molar-refractivity contribution >= 4 is 33.4 Å². The van der Waals surface area contributed by atoms with E-state index in [1.165, 1.54) is 11.3 Å². The second-order valence-electron chi connectivity index (χ2n) is 7.29. The van der Waals surface area contributed by atoms with Crippen molar-refractivity contribution in [3.63, 3.8) is 0 Å². The molecule has 0 bridgehead atoms. The monoisotopic (exact) mass is 476 g/mol. The molecule has 0 spiro atoms. The number of hydrogen-bond donors (Lipinski definition) is 0. The first kappa shape index (κ1) is 23.4. The fraction of sp³-hybridized carbons (Fsp3) is 0.192. The van der Waals surface area contributed by atoms with Gasteiger partial charge in [-0.2, -0.15) is 4.99 Å². The summed E-state index contributed by atoms with van der Waals surface area (Å²) in [5, 5.41) is 0. The average molecular weight is 477 g/mol. The number of nitrogens with zero attached hydrogens (tertiary/aromatic N) is 2. The van der Waals surface area contributed by atoms with E-state index in [2.05, 4.69) is 4.99 Å². The molecule has 0 N–H and O–H groups in total. The fourth-order valence-electron chi connectivity index (χ4n) is 3.37. The van der Waals surface area contributed by atoms with E-state index in [0.717, 1.165) is 10.2 Å². The number of methoxy groups -OCH3 is 1. The van der Waals surface area contributed by atoms with Gasteiger partial charge in [-0.25, -0.2) is 4.79 Å². The van der Waals surface area contributed by atoms with E-state index < -0.39 is 0 Å². The summed E-state index contributed by atoms with van der Waals surface area (Å²) in [7, 11) is 1.62. The molecule has 1 amide bonds. The van der Waals surface area contributed by atoms with Crippen molar-refractivity contribution in [1.82, 2.24) is 4.57 Å². The maximum absolute atomic E-state index is 13.0. The van der Waals surface area contributed by atoms with Crippen LogP contribution in [0.2, 0.25) is 0 Å². The highest BCUT2D eigenvalue weighted by Crippen LogP contribution is 2.23. The Morgan fingerprint density at radius 3 is 2.50 bits per heavy atom. The molecule has 4 rings (SSSR count). The summed E-state index contributed by atoms with van der Waals surface area (Å²) in [5.74, 6) is 0.464. The van der Waals surface area contributed by atoms with Crippen molar-refractivity contribution in [2.24, 2.45) is 4.99 Å². The van der Waals surface area contributed by atoms with Gasteiger partial charge in [0, 0.05) is 19.2 Å². The summed E-state index contributed by atoms with van der Waals surface area (Å²) in [4.78, 5) is 30.1. The molecule has 3 aromatic carbocycles. The quantitative estimate of drug-likeness (QED) is 0.332. The minimum atomic E-state index is -0.387. The predicted octanol–water partition coefficient (Wildman–Crippen LogP) is 5.06. The average Bonchev–Trinajstić information content (AvgIpc) is 3.19. The van der Waals surface area contributed by atoms with Crippen LogP contribution in [0.5, 0.6) is 11.5 Å². The summed E-state index contributed by atoms with van der Waals surface area (Å²) >= 11 is 1.33. The Balaban J connectivity index is 1.69. The Morgan fingerprint density at radius 1 is 0.941 bits per heavy atom. The largest absolute Gasteiger partial charge is 0.462 e. The van der Waals surface area contributed by atoms with Gasteiger partial charge in [-0.1, -0.05) is 35.6 Å². The highest BCUT2D eigenvalue weighted by atomic mass is 32.1. The summed E-state index contributed by atoms with van der Waals surface area (Å²) in [6.07, 6.45) is 0. The number of esters is 1. The Hall–Kier alpha value is -3.75. The zero-order chi connectivity index (χ0) is 23.9. The molecule has 0 aliphatic carbocycles. The first-order chi connectivity index (χ1) is 16.6. The molecule has 0 aliphatic rings. The SMILES string of the molecule is CCOC(=O)c1ccc2c(c1)sc(=NC(=O)c1cccc(Oc3ccccc3)c1)n2CCOC. The van der Waals surface area contributed by atoms with Crippen molar-refractivity contribution in [3.05, 3.63) is 88.7 Å². The molecule has 1 aromatic heterocycles. The predicted molar refractivity (Wildman–Crippen MR) is 130 cm³/mol. The second kappa shape index (κ2) is 10.9. The van der Waals surface area contributed by atoms with Crippen LogP contribution >= 0.6 is 11.3 Å². The molecule has 4 aromatic rings. The van der Waals surface area contributed by atoms with E-state index in [1.807, 2.05) is 41.0 Å². The topological polar surface area (TPSA) is 79.1 Å². The molecule has 0 atom stereocenters. The van der Waals surface area contributed by atoms with Crippen LogP contribution in [-0.4, -0.2) is 36.8 Å². The molecule has 0 saturated carbocycles. The Morgan fingerprint density at radius 2 is 1.74 bits per heavy atom. The Bertz CT molecular complexity index is 1370. The van der Waals surface area contributed by atoms with Crippen LogP contribution in [0.1, 0.15) is 27.6 Å². The zero-order valence-corrected chi connectivity index (χ0v) is 19.7. The zero-order valence-electron chi connectivity index (χ0n) is 18.9. The third-order valence-corrected chi connectivity index (χ3v) is 6.01. The molecule has 34 heavy (non-hydrogen) atoms. The number of para-hydroxylation sites is 1. The molecule has 0 aliphatic heterocycles. The molecule has 174 valence electrons. The number of aromatic nitrogens is 1. The van der Waals surface area contributed by atoms with Gasteiger partial charge in [-0.05, 0) is 55.5 Å². The van der Waals surface area contributed by atoms with Crippen LogP contribution in [0.25, 0.3) is 10.2 Å². The molecular weight excluding hydrogens is 452 g/mol. The smallest absolute Gasteiger partial charge is 0.338 e. The summed E-state index contributed by atoms with van der Waals surface area (Å²) in [6.45, 7) is 3.03. The Kier molecular flexibility index (Phi) is 7.51. The molecular formula is C26H24N2O5S. The second-order valence-corrected chi connectivity index (χ2v) is 8.30. The van der Waals surface area contributed by atoms with Gasteiger partial charge in [0.25, 0.3) is 5.91 Å². The van der Waals surface area contributed by atoms with Gasteiger partial charge in [0.2, 0.25) is 0 Å². The minimum absolute atomic E-state index is 0.303. The normalized spacial score (nSPS) is 11.5. The van der Waals surface area contributed by atoms with Crippen molar-refractivity contribution in [1.29, 1.82) is 0 Å². The van der Waals surface area contributed by atoms with Crippen molar-refractivity contribution in [2.45, 2.75) is 13.5 Å². The van der Waals surface area contributed by atoms with Gasteiger partial charge < -0.3 is 18.8 Å². The van der Waals surface area contributed by atoms with Crippen LogP contribution in [0, 0.1) is 0 Å². The molecule has 0 radical (unpaired) electrons. The lowest BCUT2D eigenvalue weighted by Gasteiger charge is -2.06. The lowest BCUT2D eigenvalue weighted by Crippen LogP contribution is -2.19. The first-order valence-electron chi connectivity index (χ1n) is 10.8. The lowest BCUT2D eigenvalue weighted by molar-refractivity contribution is 0.0526. The molecule has 0 fully saturated rings. The number of carbonyl (C=O) groups excluding carboxylic acids is 2. The maximum atomic E-state index is 13.0. The molecule has 0 saturated heterocycles. The van der Waals surface area contributed by atoms with Crippen molar-refractivity contribution in [2.75, 3.05) is 20.3 Å². The van der Waals surface area contributed by atoms with E-state index in [-0.39, 0.29) is 11.9 Å². The summed E-state index contributed by atoms with van der Waals surface area (Å²) in [5.41, 5.74) is 1.73. The summed E-state index contributed by atoms with van der Waals surface area (Å²) < 4.78 is 18.9. The first-order valence-corrected chi connectivity index (χ1v) is 11.6.